The highest BCUT2D eigenvalue weighted by Gasteiger charge is 2.25. The minimum Gasteiger partial charge on any atom is -0.325 e. The molecule has 27 heavy (non-hydrogen) atoms. The van der Waals surface area contributed by atoms with E-state index < -0.39 is 0 Å². The predicted molar refractivity (Wildman–Crippen MR) is 110 cm³/mol. The van der Waals surface area contributed by atoms with Crippen LogP contribution in [0.3, 0.4) is 0 Å². The molecule has 1 aromatic carbocycles. The normalized spacial score (nSPS) is 15.7. The standard InChI is InChI=1S/C21H27N3O2S/c1-13-14(2)24(19-7-5-6-8-19)21(22-13)27-16(4)20(26)23-18-11-9-17(10-12-18)15(3)25/h9-12,16,19H,5-8H2,1-4H3,(H,23,26)/t16-/m1/s1. The zero-order valence-corrected chi connectivity index (χ0v) is 17.2. The molecule has 6 heteroatoms. The molecule has 0 radical (unpaired) electrons. The van der Waals surface area contributed by atoms with Crippen molar-refractivity contribution < 1.29 is 9.59 Å². The molecular weight excluding hydrogens is 358 g/mol. The largest absolute Gasteiger partial charge is 0.325 e. The molecule has 1 heterocycles. The number of amides is 1. The third-order valence-electron chi connectivity index (χ3n) is 5.25. The second kappa shape index (κ2) is 8.30. The average Bonchev–Trinajstić information content (AvgIpc) is 3.24. The maximum absolute atomic E-state index is 12.6. The quantitative estimate of drug-likeness (QED) is 0.565. The van der Waals surface area contributed by atoms with Gasteiger partial charge in [0.1, 0.15) is 0 Å². The number of thioether (sulfide) groups is 1. The number of imidazole rings is 1. The number of anilines is 1. The number of aryl methyl sites for hydroxylation is 1. The highest BCUT2D eigenvalue weighted by molar-refractivity contribution is 8.00. The predicted octanol–water partition coefficient (Wildman–Crippen LogP) is 4.94. The van der Waals surface area contributed by atoms with Crippen molar-refractivity contribution in [3.63, 3.8) is 0 Å². The Labute approximate surface area is 164 Å². The molecule has 1 amide bonds. The number of carbonyl (C=O) groups excluding carboxylic acids is 2. The van der Waals surface area contributed by atoms with Crippen LogP contribution in [0.2, 0.25) is 0 Å². The molecule has 1 aliphatic rings. The van der Waals surface area contributed by atoms with E-state index in [-0.39, 0.29) is 16.9 Å². The number of carbonyl (C=O) groups is 2. The van der Waals surface area contributed by atoms with Crippen molar-refractivity contribution in [2.45, 2.75) is 69.8 Å². The van der Waals surface area contributed by atoms with E-state index in [4.69, 9.17) is 4.98 Å². The lowest BCUT2D eigenvalue weighted by atomic mass is 10.1. The van der Waals surface area contributed by atoms with Crippen LogP contribution in [-0.2, 0) is 4.79 Å². The second-order valence-electron chi connectivity index (χ2n) is 7.26. The van der Waals surface area contributed by atoms with E-state index in [0.29, 0.717) is 17.3 Å². The molecule has 2 aromatic rings. The van der Waals surface area contributed by atoms with Gasteiger partial charge in [0.2, 0.25) is 5.91 Å². The molecular formula is C21H27N3O2S. The first kappa shape index (κ1) is 19.7. The topological polar surface area (TPSA) is 64.0 Å². The molecule has 0 aliphatic heterocycles. The van der Waals surface area contributed by atoms with Crippen LogP contribution >= 0.6 is 11.8 Å². The zero-order chi connectivity index (χ0) is 19.6. The van der Waals surface area contributed by atoms with Gasteiger partial charge < -0.3 is 9.88 Å². The molecule has 1 atom stereocenters. The number of hydrogen-bond donors (Lipinski definition) is 1. The Morgan fingerprint density at radius 2 is 1.81 bits per heavy atom. The summed E-state index contributed by atoms with van der Waals surface area (Å²) in [6, 6.07) is 7.49. The number of Topliss-reactive ketones (excluding diaryl/α,β-unsaturated/α-hetero) is 1. The smallest absolute Gasteiger partial charge is 0.237 e. The van der Waals surface area contributed by atoms with Crippen LogP contribution in [0.5, 0.6) is 0 Å². The minimum absolute atomic E-state index is 0.0151. The average molecular weight is 386 g/mol. The monoisotopic (exact) mass is 385 g/mol. The first-order valence-electron chi connectivity index (χ1n) is 9.50. The van der Waals surface area contributed by atoms with Crippen LogP contribution in [0.25, 0.3) is 0 Å². The van der Waals surface area contributed by atoms with Gasteiger partial charge in [-0.05, 0) is 64.8 Å². The van der Waals surface area contributed by atoms with Crippen LogP contribution in [0.4, 0.5) is 5.69 Å². The van der Waals surface area contributed by atoms with Gasteiger partial charge in [0.05, 0.1) is 10.9 Å². The van der Waals surface area contributed by atoms with Gasteiger partial charge in [0.15, 0.2) is 10.9 Å². The van der Waals surface area contributed by atoms with Crippen molar-refractivity contribution in [1.29, 1.82) is 0 Å². The van der Waals surface area contributed by atoms with Crippen LogP contribution in [0.15, 0.2) is 29.4 Å². The van der Waals surface area contributed by atoms with Gasteiger partial charge >= 0.3 is 0 Å². The van der Waals surface area contributed by atoms with Gasteiger partial charge in [-0.3, -0.25) is 9.59 Å². The highest BCUT2D eigenvalue weighted by atomic mass is 32.2. The van der Waals surface area contributed by atoms with E-state index in [0.717, 1.165) is 10.9 Å². The molecule has 5 nitrogen and oxygen atoms in total. The zero-order valence-electron chi connectivity index (χ0n) is 16.4. The number of aromatic nitrogens is 2. The van der Waals surface area contributed by atoms with Crippen molar-refractivity contribution in [3.8, 4) is 0 Å². The number of hydrogen-bond acceptors (Lipinski definition) is 4. The van der Waals surface area contributed by atoms with Crippen molar-refractivity contribution >= 4 is 29.1 Å². The second-order valence-corrected chi connectivity index (χ2v) is 8.56. The third-order valence-corrected chi connectivity index (χ3v) is 6.32. The van der Waals surface area contributed by atoms with Gasteiger partial charge in [-0.1, -0.05) is 24.6 Å². The summed E-state index contributed by atoms with van der Waals surface area (Å²) in [5, 5.41) is 3.60. The summed E-state index contributed by atoms with van der Waals surface area (Å²) < 4.78 is 2.33. The molecule has 0 spiro atoms. The SMILES string of the molecule is CC(=O)c1ccc(NC(=O)[C@@H](C)Sc2nc(C)c(C)n2C2CCCC2)cc1. The molecule has 1 saturated carbocycles. The summed E-state index contributed by atoms with van der Waals surface area (Å²) in [6.45, 7) is 7.59. The first-order chi connectivity index (χ1) is 12.9. The van der Waals surface area contributed by atoms with Crippen molar-refractivity contribution in [3.05, 3.63) is 41.2 Å². The van der Waals surface area contributed by atoms with Crippen molar-refractivity contribution in [1.82, 2.24) is 9.55 Å². The van der Waals surface area contributed by atoms with Crippen LogP contribution < -0.4 is 5.32 Å². The Bertz CT molecular complexity index is 836. The van der Waals surface area contributed by atoms with Gasteiger partial charge in [-0.2, -0.15) is 0 Å². The van der Waals surface area contributed by atoms with Crippen molar-refractivity contribution in [2.75, 3.05) is 5.32 Å². The van der Waals surface area contributed by atoms with E-state index in [1.54, 1.807) is 24.3 Å². The molecule has 0 unspecified atom stereocenters. The fourth-order valence-electron chi connectivity index (χ4n) is 3.52. The molecule has 0 saturated heterocycles. The summed E-state index contributed by atoms with van der Waals surface area (Å²) in [7, 11) is 0. The van der Waals surface area contributed by atoms with Gasteiger partial charge in [0, 0.05) is 23.0 Å². The van der Waals surface area contributed by atoms with Gasteiger partial charge in [0.25, 0.3) is 0 Å². The summed E-state index contributed by atoms with van der Waals surface area (Å²) in [5.41, 5.74) is 3.58. The third kappa shape index (κ3) is 4.43. The molecule has 1 aliphatic carbocycles. The lowest BCUT2D eigenvalue weighted by Gasteiger charge is -2.18. The number of nitrogens with one attached hydrogen (secondary N) is 1. The molecule has 1 aromatic heterocycles. The fraction of sp³-hybridized carbons (Fsp3) is 0.476. The molecule has 1 fully saturated rings. The van der Waals surface area contributed by atoms with Gasteiger partial charge in [-0.25, -0.2) is 4.98 Å². The lowest BCUT2D eigenvalue weighted by Crippen LogP contribution is -2.23. The Morgan fingerprint density at radius 3 is 2.41 bits per heavy atom. The lowest BCUT2D eigenvalue weighted by molar-refractivity contribution is -0.115. The van der Waals surface area contributed by atoms with E-state index in [1.165, 1.54) is 50.1 Å². The van der Waals surface area contributed by atoms with Crippen LogP contribution in [0, 0.1) is 13.8 Å². The fourth-order valence-corrected chi connectivity index (χ4v) is 4.59. The summed E-state index contributed by atoms with van der Waals surface area (Å²) in [6.07, 6.45) is 4.90. The van der Waals surface area contributed by atoms with E-state index in [2.05, 4.69) is 16.8 Å². The molecule has 144 valence electrons. The Kier molecular flexibility index (Phi) is 6.05. The van der Waals surface area contributed by atoms with Gasteiger partial charge in [-0.15, -0.1) is 0 Å². The Morgan fingerprint density at radius 1 is 1.19 bits per heavy atom. The summed E-state index contributed by atoms with van der Waals surface area (Å²) >= 11 is 1.51. The summed E-state index contributed by atoms with van der Waals surface area (Å²) in [4.78, 5) is 28.7. The number of benzene rings is 1. The van der Waals surface area contributed by atoms with E-state index in [1.807, 2.05) is 13.8 Å². The number of nitrogens with zero attached hydrogens (tertiary/aromatic N) is 2. The summed E-state index contributed by atoms with van der Waals surface area (Å²) in [5.74, 6) is -0.0480. The highest BCUT2D eigenvalue weighted by Crippen LogP contribution is 2.36. The maximum atomic E-state index is 12.6. The Balaban J connectivity index is 1.69. The first-order valence-corrected chi connectivity index (χ1v) is 10.4. The maximum Gasteiger partial charge on any atom is 0.237 e. The number of rotatable bonds is 6. The molecule has 1 N–H and O–H groups in total. The molecule has 0 bridgehead atoms. The van der Waals surface area contributed by atoms with Crippen molar-refractivity contribution in [2.24, 2.45) is 0 Å². The van der Waals surface area contributed by atoms with E-state index in [9.17, 15) is 9.59 Å². The molecule has 3 rings (SSSR count). The number of ketones is 1. The minimum atomic E-state index is -0.265. The van der Waals surface area contributed by atoms with E-state index >= 15 is 0 Å². The Hall–Kier alpha value is -2.08. The van der Waals surface area contributed by atoms with Crippen LogP contribution in [0.1, 0.15) is 67.3 Å². The van der Waals surface area contributed by atoms with Crippen LogP contribution in [-0.4, -0.2) is 26.5 Å².